The molecule has 3 rings (SSSR count). The molecule has 0 saturated heterocycles. The molecule has 0 saturated carbocycles. The summed E-state index contributed by atoms with van der Waals surface area (Å²) in [4.78, 5) is 12.8. The molecule has 1 heterocycles. The molecule has 0 bridgehead atoms. The molecule has 1 N–H and O–H groups in total. The standard InChI is InChI=1S/C21H22FN3O/c1-3-7-15-8-5-6-9-19(15)24-21(26)18-14-23-25(20(18)4-2)17-12-10-16(22)11-13-17/h5-6,8-14H,3-4,7H2,1-2H3,(H,24,26). The molecule has 0 spiro atoms. The first-order valence-corrected chi connectivity index (χ1v) is 8.86. The van der Waals surface area contributed by atoms with Crippen molar-refractivity contribution in [3.05, 3.63) is 77.4 Å². The summed E-state index contributed by atoms with van der Waals surface area (Å²) in [6.07, 6.45) is 4.12. The Labute approximate surface area is 152 Å². The number of para-hydroxylation sites is 1. The quantitative estimate of drug-likeness (QED) is 0.695. The third-order valence-corrected chi connectivity index (χ3v) is 4.30. The zero-order valence-corrected chi connectivity index (χ0v) is 15.0. The number of rotatable bonds is 6. The molecule has 0 aliphatic heterocycles. The fourth-order valence-electron chi connectivity index (χ4n) is 3.03. The number of amides is 1. The van der Waals surface area contributed by atoms with Crippen LogP contribution in [-0.4, -0.2) is 15.7 Å². The second-order valence-electron chi connectivity index (χ2n) is 6.11. The van der Waals surface area contributed by atoms with E-state index in [1.54, 1.807) is 23.0 Å². The number of anilines is 1. The summed E-state index contributed by atoms with van der Waals surface area (Å²) in [7, 11) is 0. The Balaban J connectivity index is 1.90. The number of carbonyl (C=O) groups excluding carboxylic acids is 1. The molecule has 5 heteroatoms. The van der Waals surface area contributed by atoms with Crippen molar-refractivity contribution in [3.63, 3.8) is 0 Å². The maximum Gasteiger partial charge on any atom is 0.259 e. The van der Waals surface area contributed by atoms with E-state index in [1.165, 1.54) is 12.1 Å². The summed E-state index contributed by atoms with van der Waals surface area (Å²) in [6.45, 7) is 4.08. The van der Waals surface area contributed by atoms with Crippen molar-refractivity contribution < 1.29 is 9.18 Å². The van der Waals surface area contributed by atoms with Crippen molar-refractivity contribution in [3.8, 4) is 5.69 Å². The van der Waals surface area contributed by atoms with Crippen LogP contribution in [0.2, 0.25) is 0 Å². The highest BCUT2D eigenvalue weighted by Crippen LogP contribution is 2.21. The van der Waals surface area contributed by atoms with E-state index >= 15 is 0 Å². The lowest BCUT2D eigenvalue weighted by molar-refractivity contribution is 0.102. The van der Waals surface area contributed by atoms with Crippen molar-refractivity contribution in [2.45, 2.75) is 33.1 Å². The van der Waals surface area contributed by atoms with Crippen LogP contribution in [0.5, 0.6) is 0 Å². The number of nitrogens with one attached hydrogen (secondary N) is 1. The predicted molar refractivity (Wildman–Crippen MR) is 101 cm³/mol. The third kappa shape index (κ3) is 3.67. The van der Waals surface area contributed by atoms with Gasteiger partial charge in [0.15, 0.2) is 0 Å². The monoisotopic (exact) mass is 351 g/mol. The van der Waals surface area contributed by atoms with Gasteiger partial charge in [-0.15, -0.1) is 0 Å². The lowest BCUT2D eigenvalue weighted by Gasteiger charge is -2.11. The highest BCUT2D eigenvalue weighted by molar-refractivity contribution is 6.05. The van der Waals surface area contributed by atoms with Crippen LogP contribution in [0.15, 0.2) is 54.7 Å². The van der Waals surface area contributed by atoms with E-state index in [4.69, 9.17) is 0 Å². The van der Waals surface area contributed by atoms with Crippen LogP contribution in [0.1, 0.15) is 41.9 Å². The predicted octanol–water partition coefficient (Wildman–Crippen LogP) is 4.78. The maximum atomic E-state index is 13.2. The number of benzene rings is 2. The van der Waals surface area contributed by atoms with E-state index in [0.29, 0.717) is 12.0 Å². The van der Waals surface area contributed by atoms with Crippen LogP contribution >= 0.6 is 0 Å². The maximum absolute atomic E-state index is 13.2. The summed E-state index contributed by atoms with van der Waals surface area (Å²) in [5.41, 5.74) is 4.00. The fourth-order valence-corrected chi connectivity index (χ4v) is 3.03. The van der Waals surface area contributed by atoms with Gasteiger partial charge in [-0.1, -0.05) is 38.5 Å². The molecule has 3 aromatic rings. The van der Waals surface area contributed by atoms with Crippen LogP contribution in [0, 0.1) is 5.82 Å². The van der Waals surface area contributed by atoms with Crippen LogP contribution in [0.3, 0.4) is 0 Å². The van der Waals surface area contributed by atoms with Gasteiger partial charge in [-0.2, -0.15) is 5.10 Å². The van der Waals surface area contributed by atoms with Gasteiger partial charge in [0.05, 0.1) is 23.1 Å². The number of halogens is 1. The smallest absolute Gasteiger partial charge is 0.259 e. The first kappa shape index (κ1) is 17.9. The Hall–Kier alpha value is -2.95. The van der Waals surface area contributed by atoms with Crippen molar-refractivity contribution in [2.24, 2.45) is 0 Å². The molecule has 0 atom stereocenters. The van der Waals surface area contributed by atoms with Crippen LogP contribution < -0.4 is 5.32 Å². The fraction of sp³-hybridized carbons (Fsp3) is 0.238. The Morgan fingerprint density at radius 2 is 1.85 bits per heavy atom. The van der Waals surface area contributed by atoms with E-state index in [-0.39, 0.29) is 11.7 Å². The molecule has 0 fully saturated rings. The molecule has 4 nitrogen and oxygen atoms in total. The number of aryl methyl sites for hydroxylation is 1. The summed E-state index contributed by atoms with van der Waals surface area (Å²) in [6, 6.07) is 13.9. The minimum atomic E-state index is -0.301. The van der Waals surface area contributed by atoms with Crippen molar-refractivity contribution >= 4 is 11.6 Å². The van der Waals surface area contributed by atoms with Crippen molar-refractivity contribution in [1.82, 2.24) is 9.78 Å². The van der Waals surface area contributed by atoms with Crippen LogP contribution in [-0.2, 0) is 12.8 Å². The first-order valence-electron chi connectivity index (χ1n) is 8.86. The first-order chi connectivity index (χ1) is 12.6. The van der Waals surface area contributed by atoms with Crippen molar-refractivity contribution in [2.75, 3.05) is 5.32 Å². The van der Waals surface area contributed by atoms with Gasteiger partial charge < -0.3 is 5.32 Å². The van der Waals surface area contributed by atoms with Gasteiger partial charge in [-0.05, 0) is 48.7 Å². The lowest BCUT2D eigenvalue weighted by Crippen LogP contribution is -2.15. The SMILES string of the molecule is CCCc1ccccc1NC(=O)c1cnn(-c2ccc(F)cc2)c1CC. The van der Waals surface area contributed by atoms with Gasteiger partial charge in [-0.3, -0.25) is 4.79 Å². The molecule has 0 aliphatic carbocycles. The molecule has 26 heavy (non-hydrogen) atoms. The van der Waals surface area contributed by atoms with Gasteiger partial charge in [-0.25, -0.2) is 9.07 Å². The number of hydrogen-bond donors (Lipinski definition) is 1. The number of carbonyl (C=O) groups is 1. The Kier molecular flexibility index (Phi) is 5.46. The minimum Gasteiger partial charge on any atom is -0.322 e. The Bertz CT molecular complexity index is 900. The summed E-state index contributed by atoms with van der Waals surface area (Å²) in [5.74, 6) is -0.483. The highest BCUT2D eigenvalue weighted by Gasteiger charge is 2.18. The summed E-state index contributed by atoms with van der Waals surface area (Å²) < 4.78 is 14.9. The zero-order chi connectivity index (χ0) is 18.5. The Morgan fingerprint density at radius 3 is 2.54 bits per heavy atom. The normalized spacial score (nSPS) is 10.7. The molecular formula is C21H22FN3O. The van der Waals surface area contributed by atoms with Gasteiger partial charge in [0.25, 0.3) is 5.91 Å². The number of aromatic nitrogens is 2. The molecular weight excluding hydrogens is 329 g/mol. The largest absolute Gasteiger partial charge is 0.322 e. The van der Waals surface area contributed by atoms with Crippen molar-refractivity contribution in [1.29, 1.82) is 0 Å². The number of hydrogen-bond acceptors (Lipinski definition) is 2. The average Bonchev–Trinajstić information content (AvgIpc) is 3.08. The lowest BCUT2D eigenvalue weighted by atomic mass is 10.1. The minimum absolute atomic E-state index is 0.182. The van der Waals surface area contributed by atoms with E-state index < -0.39 is 0 Å². The number of nitrogens with zero attached hydrogens (tertiary/aromatic N) is 2. The van der Waals surface area contributed by atoms with Gasteiger partial charge >= 0.3 is 0 Å². The van der Waals surface area contributed by atoms with Gasteiger partial charge in [0.2, 0.25) is 0 Å². The van der Waals surface area contributed by atoms with E-state index in [0.717, 1.165) is 35.5 Å². The highest BCUT2D eigenvalue weighted by atomic mass is 19.1. The van der Waals surface area contributed by atoms with Gasteiger partial charge in [0.1, 0.15) is 5.82 Å². The second-order valence-corrected chi connectivity index (χ2v) is 6.11. The molecule has 1 aromatic heterocycles. The van der Waals surface area contributed by atoms with E-state index in [1.807, 2.05) is 31.2 Å². The second kappa shape index (κ2) is 7.95. The molecule has 2 aromatic carbocycles. The average molecular weight is 351 g/mol. The van der Waals surface area contributed by atoms with Crippen LogP contribution in [0.25, 0.3) is 5.69 Å². The molecule has 134 valence electrons. The third-order valence-electron chi connectivity index (χ3n) is 4.30. The molecule has 0 aliphatic rings. The molecule has 0 radical (unpaired) electrons. The van der Waals surface area contributed by atoms with Crippen LogP contribution in [0.4, 0.5) is 10.1 Å². The Morgan fingerprint density at radius 1 is 1.12 bits per heavy atom. The zero-order valence-electron chi connectivity index (χ0n) is 15.0. The molecule has 0 unspecified atom stereocenters. The van der Waals surface area contributed by atoms with Gasteiger partial charge in [0, 0.05) is 5.69 Å². The summed E-state index contributed by atoms with van der Waals surface area (Å²) in [5, 5.41) is 7.35. The van der Waals surface area contributed by atoms with E-state index in [2.05, 4.69) is 17.3 Å². The van der Waals surface area contributed by atoms with E-state index in [9.17, 15) is 9.18 Å². The summed E-state index contributed by atoms with van der Waals surface area (Å²) >= 11 is 0. The topological polar surface area (TPSA) is 46.9 Å². The molecule has 1 amide bonds.